The molecule has 0 unspecified atom stereocenters. The van der Waals surface area contributed by atoms with E-state index in [9.17, 15) is 4.79 Å². The van der Waals surface area contributed by atoms with E-state index in [1.54, 1.807) is 16.7 Å². The number of amides is 1. The number of thioether (sulfide) groups is 1. The first-order chi connectivity index (χ1) is 14.6. The van der Waals surface area contributed by atoms with Gasteiger partial charge in [-0.05, 0) is 45.3 Å². The van der Waals surface area contributed by atoms with Crippen LogP contribution >= 0.6 is 35.7 Å². The summed E-state index contributed by atoms with van der Waals surface area (Å²) in [5.74, 6) is 1.55. The fourth-order valence-electron chi connectivity index (χ4n) is 4.26. The zero-order valence-electron chi connectivity index (χ0n) is 18.6. The predicted octanol–water partition coefficient (Wildman–Crippen LogP) is 3.19. The van der Waals surface area contributed by atoms with Crippen molar-refractivity contribution in [1.29, 1.82) is 0 Å². The molecule has 1 saturated carbocycles. The molecule has 0 spiro atoms. The van der Waals surface area contributed by atoms with E-state index in [1.807, 2.05) is 6.92 Å². The molecule has 0 radical (unpaired) electrons. The summed E-state index contributed by atoms with van der Waals surface area (Å²) in [5, 5.41) is 13.1. The molecule has 11 heteroatoms. The number of rotatable bonds is 8. The second-order valence-corrected chi connectivity index (χ2v) is 8.66. The minimum Gasteiger partial charge on any atom is -0.450 e. The van der Waals surface area contributed by atoms with Gasteiger partial charge in [0.25, 0.3) is 0 Å². The highest BCUT2D eigenvalue weighted by Gasteiger charge is 2.24. The number of hydrogen-bond acceptors (Lipinski definition) is 6. The fourth-order valence-corrected chi connectivity index (χ4v) is 4.83. The van der Waals surface area contributed by atoms with Gasteiger partial charge in [0.2, 0.25) is 0 Å². The highest BCUT2D eigenvalue weighted by atomic mass is 127. The third-order valence-corrected chi connectivity index (χ3v) is 6.46. The fraction of sp³-hybridized carbons (Fsp3) is 0.800. The van der Waals surface area contributed by atoms with E-state index in [1.165, 1.54) is 25.7 Å². The van der Waals surface area contributed by atoms with Gasteiger partial charge in [0.05, 0.1) is 6.61 Å². The monoisotopic (exact) mass is 565 g/mol. The van der Waals surface area contributed by atoms with Crippen LogP contribution in [0, 0.1) is 0 Å². The minimum absolute atomic E-state index is 0. The molecular weight excluding hydrogens is 529 g/mol. The smallest absolute Gasteiger partial charge is 0.409 e. The summed E-state index contributed by atoms with van der Waals surface area (Å²) in [5.41, 5.74) is 6.08. The molecule has 176 valence electrons. The lowest BCUT2D eigenvalue weighted by Gasteiger charge is -2.31. The van der Waals surface area contributed by atoms with Gasteiger partial charge in [-0.15, -0.1) is 34.2 Å². The number of nitrogens with zero attached hydrogens (tertiary/aromatic N) is 5. The van der Waals surface area contributed by atoms with E-state index in [0.717, 1.165) is 36.7 Å². The summed E-state index contributed by atoms with van der Waals surface area (Å²) < 4.78 is 7.40. The predicted molar refractivity (Wildman–Crippen MR) is 134 cm³/mol. The second kappa shape index (κ2) is 13.3. The van der Waals surface area contributed by atoms with E-state index < -0.39 is 0 Å². The van der Waals surface area contributed by atoms with Crippen molar-refractivity contribution in [2.45, 2.75) is 75.5 Å². The van der Waals surface area contributed by atoms with Gasteiger partial charge in [-0.3, -0.25) is 4.99 Å². The van der Waals surface area contributed by atoms with Gasteiger partial charge in [-0.1, -0.05) is 24.6 Å². The summed E-state index contributed by atoms with van der Waals surface area (Å²) >= 11 is 1.67. The molecule has 1 aliphatic carbocycles. The number of carbonyl (C=O) groups is 1. The third kappa shape index (κ3) is 7.40. The average molecular weight is 566 g/mol. The molecule has 0 atom stereocenters. The van der Waals surface area contributed by atoms with Crippen LogP contribution in [0.5, 0.6) is 0 Å². The normalized spacial score (nSPS) is 18.1. The van der Waals surface area contributed by atoms with Crippen molar-refractivity contribution < 1.29 is 9.53 Å². The number of hydrogen-bond donors (Lipinski definition) is 2. The van der Waals surface area contributed by atoms with Gasteiger partial charge >= 0.3 is 6.09 Å². The summed E-state index contributed by atoms with van der Waals surface area (Å²) in [6.07, 6.45) is 10.3. The van der Waals surface area contributed by atoms with Gasteiger partial charge in [0.1, 0.15) is 5.82 Å². The number of nitrogens with two attached hydrogens (primary N) is 1. The third-order valence-electron chi connectivity index (χ3n) is 5.82. The SMILES string of the molecule is CCOC(=O)N1CCC(NC(N)=NCCCc2nnc(SC)n2C2CCCC2)CC1.I. The Morgan fingerprint density at radius 2 is 1.97 bits per heavy atom. The number of aromatic nitrogens is 3. The first-order valence-electron chi connectivity index (χ1n) is 11.1. The summed E-state index contributed by atoms with van der Waals surface area (Å²) in [6.45, 7) is 4.25. The largest absolute Gasteiger partial charge is 0.450 e. The summed E-state index contributed by atoms with van der Waals surface area (Å²) in [7, 11) is 0. The van der Waals surface area contributed by atoms with E-state index >= 15 is 0 Å². The summed E-state index contributed by atoms with van der Waals surface area (Å²) in [6, 6.07) is 0.794. The number of aliphatic imine (C=N–C) groups is 1. The first kappa shape index (κ1) is 26.0. The van der Waals surface area contributed by atoms with Crippen molar-refractivity contribution in [2.75, 3.05) is 32.5 Å². The lowest BCUT2D eigenvalue weighted by atomic mass is 10.1. The minimum atomic E-state index is -0.229. The molecular formula is C20H36IN7O2S. The van der Waals surface area contributed by atoms with E-state index in [4.69, 9.17) is 10.5 Å². The van der Waals surface area contributed by atoms with Crippen LogP contribution in [0.4, 0.5) is 4.79 Å². The van der Waals surface area contributed by atoms with Crippen molar-refractivity contribution in [1.82, 2.24) is 25.0 Å². The van der Waals surface area contributed by atoms with Crippen LogP contribution < -0.4 is 11.1 Å². The molecule has 1 aromatic rings. The van der Waals surface area contributed by atoms with Crippen molar-refractivity contribution in [3.05, 3.63) is 5.82 Å². The zero-order valence-corrected chi connectivity index (χ0v) is 21.7. The number of nitrogens with one attached hydrogen (secondary N) is 1. The van der Waals surface area contributed by atoms with Gasteiger partial charge in [-0.2, -0.15) is 0 Å². The molecule has 1 amide bonds. The van der Waals surface area contributed by atoms with E-state index in [2.05, 4.69) is 31.3 Å². The number of halogens is 1. The molecule has 2 aliphatic rings. The molecule has 0 bridgehead atoms. The van der Waals surface area contributed by atoms with E-state index in [0.29, 0.717) is 38.2 Å². The van der Waals surface area contributed by atoms with Gasteiger partial charge < -0.3 is 25.3 Å². The highest BCUT2D eigenvalue weighted by Crippen LogP contribution is 2.33. The van der Waals surface area contributed by atoms with Crippen molar-refractivity contribution in [3.63, 3.8) is 0 Å². The summed E-state index contributed by atoms with van der Waals surface area (Å²) in [4.78, 5) is 18.0. The maximum Gasteiger partial charge on any atom is 0.409 e. The Balaban J connectivity index is 0.00000341. The highest BCUT2D eigenvalue weighted by molar-refractivity contribution is 14.0. The maximum absolute atomic E-state index is 11.8. The zero-order chi connectivity index (χ0) is 21.3. The second-order valence-electron chi connectivity index (χ2n) is 7.89. The molecule has 2 heterocycles. The molecule has 0 aromatic carbocycles. The van der Waals surface area contributed by atoms with Crippen LogP contribution in [0.15, 0.2) is 10.1 Å². The number of piperidine rings is 1. The molecule has 3 N–H and O–H groups in total. The molecule has 2 fully saturated rings. The number of carbonyl (C=O) groups excluding carboxylic acids is 1. The molecule has 1 aromatic heterocycles. The van der Waals surface area contributed by atoms with Crippen molar-refractivity contribution >= 4 is 47.8 Å². The van der Waals surface area contributed by atoms with Crippen LogP contribution in [0.3, 0.4) is 0 Å². The average Bonchev–Trinajstić information content (AvgIpc) is 3.41. The van der Waals surface area contributed by atoms with Crippen LogP contribution in [-0.2, 0) is 11.2 Å². The van der Waals surface area contributed by atoms with Crippen molar-refractivity contribution in [2.24, 2.45) is 10.7 Å². The number of likely N-dealkylation sites (tertiary alicyclic amines) is 1. The maximum atomic E-state index is 11.8. The lowest BCUT2D eigenvalue weighted by Crippen LogP contribution is -2.48. The van der Waals surface area contributed by atoms with Crippen LogP contribution in [0.1, 0.15) is 63.7 Å². The Labute approximate surface area is 206 Å². The Bertz CT molecular complexity index is 716. The van der Waals surface area contributed by atoms with E-state index in [-0.39, 0.29) is 36.1 Å². The van der Waals surface area contributed by atoms with Crippen LogP contribution in [-0.4, -0.2) is 70.3 Å². The molecule has 1 saturated heterocycles. The quantitative estimate of drug-likeness (QED) is 0.164. The Hall–Kier alpha value is -1.24. The number of ether oxygens (including phenoxy) is 1. The number of guanidine groups is 1. The molecule has 9 nitrogen and oxygen atoms in total. The Kier molecular flexibility index (Phi) is 11.2. The topological polar surface area (TPSA) is 111 Å². The van der Waals surface area contributed by atoms with Gasteiger partial charge in [0.15, 0.2) is 11.1 Å². The Morgan fingerprint density at radius 1 is 1.26 bits per heavy atom. The van der Waals surface area contributed by atoms with Crippen molar-refractivity contribution in [3.8, 4) is 0 Å². The molecule has 31 heavy (non-hydrogen) atoms. The number of aryl methyl sites for hydroxylation is 1. The van der Waals surface area contributed by atoms with Crippen LogP contribution in [0.25, 0.3) is 0 Å². The Morgan fingerprint density at radius 3 is 2.61 bits per heavy atom. The van der Waals surface area contributed by atoms with Crippen LogP contribution in [0.2, 0.25) is 0 Å². The van der Waals surface area contributed by atoms with Gasteiger partial charge in [-0.25, -0.2) is 4.79 Å². The van der Waals surface area contributed by atoms with Gasteiger partial charge in [0, 0.05) is 38.1 Å². The molecule has 3 rings (SSSR count). The first-order valence-corrected chi connectivity index (χ1v) is 12.3. The molecule has 1 aliphatic heterocycles. The lowest BCUT2D eigenvalue weighted by molar-refractivity contribution is 0.0963. The standard InChI is InChI=1S/C20H35N7O2S.HI/c1-3-29-20(28)26-13-10-15(11-14-26)23-18(21)22-12-6-9-17-24-25-19(30-2)27(17)16-7-4-5-8-16;/h15-16H,3-14H2,1-2H3,(H3,21,22,23);1H.